The summed E-state index contributed by atoms with van der Waals surface area (Å²) in [7, 11) is 0. The summed E-state index contributed by atoms with van der Waals surface area (Å²) in [4.78, 5) is 32.0. The van der Waals surface area contributed by atoms with Crippen LogP contribution in [0.3, 0.4) is 0 Å². The van der Waals surface area contributed by atoms with Crippen molar-refractivity contribution in [1.82, 2.24) is 9.88 Å². The number of nitrogens with two attached hydrogens (primary N) is 2. The van der Waals surface area contributed by atoms with E-state index in [9.17, 15) is 19.8 Å². The van der Waals surface area contributed by atoms with Crippen LogP contribution in [0.15, 0.2) is 85.2 Å². The van der Waals surface area contributed by atoms with Crippen LogP contribution < -0.4 is 11.5 Å². The summed E-state index contributed by atoms with van der Waals surface area (Å²) >= 11 is 0. The van der Waals surface area contributed by atoms with Gasteiger partial charge in [0.2, 0.25) is 5.91 Å². The third kappa shape index (κ3) is 8.43. The number of aromatic nitrogens is 1. The molecule has 208 valence electrons. The monoisotopic (exact) mass is 534 g/mol. The van der Waals surface area contributed by atoms with Crippen LogP contribution in [0.1, 0.15) is 30.5 Å². The van der Waals surface area contributed by atoms with Gasteiger partial charge >= 0.3 is 6.09 Å². The van der Waals surface area contributed by atoms with E-state index in [4.69, 9.17) is 16.2 Å². The molecule has 0 aliphatic heterocycles. The maximum absolute atomic E-state index is 13.6. The Bertz CT molecular complexity index is 1160. The first-order chi connectivity index (χ1) is 18.7. The van der Waals surface area contributed by atoms with Crippen LogP contribution >= 0.6 is 0 Å². The number of carbonyl (C=O) groups excluding carboxylic acids is 2. The number of carbonyl (C=O) groups is 2. The molecule has 39 heavy (non-hydrogen) atoms. The van der Waals surface area contributed by atoms with Crippen LogP contribution in [0, 0.1) is 5.92 Å². The zero-order valence-corrected chi connectivity index (χ0v) is 22.3. The topological polar surface area (TPSA) is 152 Å². The molecular weight excluding hydrogens is 496 g/mol. The second-order valence-corrected chi connectivity index (χ2v) is 9.99. The first-order valence-electron chi connectivity index (χ1n) is 13.0. The zero-order chi connectivity index (χ0) is 28.4. The largest absolute Gasteiger partial charge is 0.444 e. The van der Waals surface area contributed by atoms with E-state index in [0.29, 0.717) is 5.56 Å². The molecule has 0 saturated heterocycles. The number of hydrogen-bond donors (Lipinski definition) is 4. The van der Waals surface area contributed by atoms with Crippen molar-refractivity contribution in [2.75, 3.05) is 0 Å². The molecular formula is C30H38N4O5. The van der Waals surface area contributed by atoms with Crippen molar-refractivity contribution in [3.63, 3.8) is 0 Å². The van der Waals surface area contributed by atoms with E-state index < -0.39 is 42.3 Å². The Labute approximate surface area is 229 Å². The number of ether oxygens (including phenoxy) is 1. The van der Waals surface area contributed by atoms with Crippen molar-refractivity contribution in [3.8, 4) is 0 Å². The van der Waals surface area contributed by atoms with Crippen molar-refractivity contribution in [3.05, 3.63) is 102 Å². The molecule has 0 radical (unpaired) electrons. The Morgan fingerprint density at radius 2 is 1.41 bits per heavy atom. The average molecular weight is 535 g/mol. The molecule has 1 heterocycles. The Morgan fingerprint density at radius 1 is 0.846 bits per heavy atom. The summed E-state index contributed by atoms with van der Waals surface area (Å²) in [6, 6.07) is 18.7. The Hall–Kier alpha value is -3.63. The number of pyridine rings is 1. The molecule has 3 aromatic rings. The van der Waals surface area contributed by atoms with Crippen molar-refractivity contribution < 1.29 is 24.5 Å². The predicted octanol–water partition coefficient (Wildman–Crippen LogP) is 2.43. The fourth-order valence-corrected chi connectivity index (χ4v) is 4.24. The lowest BCUT2D eigenvalue weighted by Crippen LogP contribution is -2.61. The molecule has 0 aliphatic carbocycles. The van der Waals surface area contributed by atoms with Crippen LogP contribution in [0.4, 0.5) is 4.79 Å². The molecule has 0 spiro atoms. The van der Waals surface area contributed by atoms with Gasteiger partial charge in [-0.05, 0) is 36.0 Å². The molecule has 0 saturated carbocycles. The molecule has 2 amide bonds. The maximum Gasteiger partial charge on any atom is 0.417 e. The molecule has 0 fully saturated rings. The number of amides is 2. The van der Waals surface area contributed by atoms with Gasteiger partial charge < -0.3 is 26.4 Å². The summed E-state index contributed by atoms with van der Waals surface area (Å²) in [6.07, 6.45) is -0.563. The van der Waals surface area contributed by atoms with E-state index in [1.807, 2.05) is 60.7 Å². The minimum Gasteiger partial charge on any atom is -0.444 e. The third-order valence-electron chi connectivity index (χ3n) is 6.64. The summed E-state index contributed by atoms with van der Waals surface area (Å²) in [5.74, 6) is -1.02. The van der Waals surface area contributed by atoms with Crippen LogP contribution in [0.5, 0.6) is 0 Å². The molecule has 9 nitrogen and oxygen atoms in total. The quantitative estimate of drug-likeness (QED) is 0.276. The van der Waals surface area contributed by atoms with E-state index in [1.54, 1.807) is 38.4 Å². The molecule has 9 heteroatoms. The molecule has 6 N–H and O–H groups in total. The minimum atomic E-state index is -1.59. The van der Waals surface area contributed by atoms with E-state index in [-0.39, 0.29) is 25.4 Å². The number of aliphatic hydroxyl groups excluding tert-OH is 2. The zero-order valence-electron chi connectivity index (χ0n) is 22.3. The summed E-state index contributed by atoms with van der Waals surface area (Å²) in [6.45, 7) is 3.38. The number of nitrogens with zero attached hydrogens (tertiary/aromatic N) is 2. The predicted molar refractivity (Wildman–Crippen MR) is 148 cm³/mol. The van der Waals surface area contributed by atoms with Crippen molar-refractivity contribution in [2.45, 2.75) is 63.6 Å². The second kappa shape index (κ2) is 14.5. The van der Waals surface area contributed by atoms with Gasteiger partial charge in [0.1, 0.15) is 12.7 Å². The summed E-state index contributed by atoms with van der Waals surface area (Å²) in [5.41, 5.74) is 14.7. The molecule has 0 aliphatic rings. The summed E-state index contributed by atoms with van der Waals surface area (Å²) < 4.78 is 5.49. The highest BCUT2D eigenvalue weighted by atomic mass is 16.6. The van der Waals surface area contributed by atoms with E-state index >= 15 is 0 Å². The Morgan fingerprint density at radius 3 is 1.95 bits per heavy atom. The number of hydrogen-bond acceptors (Lipinski definition) is 8. The Kier molecular flexibility index (Phi) is 11.1. The number of imide groups is 1. The lowest BCUT2D eigenvalue weighted by atomic mass is 9.90. The van der Waals surface area contributed by atoms with Crippen LogP contribution in [0.25, 0.3) is 0 Å². The van der Waals surface area contributed by atoms with Gasteiger partial charge in [-0.15, -0.1) is 0 Å². The first kappa shape index (κ1) is 29.9. The number of aliphatic hydroxyl groups is 2. The summed E-state index contributed by atoms with van der Waals surface area (Å²) in [5, 5.41) is 22.6. The van der Waals surface area contributed by atoms with Gasteiger partial charge in [0.25, 0.3) is 0 Å². The second-order valence-electron chi connectivity index (χ2n) is 9.99. The van der Waals surface area contributed by atoms with Gasteiger partial charge in [-0.25, -0.2) is 9.69 Å². The van der Waals surface area contributed by atoms with Gasteiger partial charge in [-0.2, -0.15) is 0 Å². The molecule has 5 atom stereocenters. The minimum absolute atomic E-state index is 0.0513. The first-order valence-corrected chi connectivity index (χ1v) is 13.0. The normalized spacial score (nSPS) is 15.2. The third-order valence-corrected chi connectivity index (χ3v) is 6.64. The van der Waals surface area contributed by atoms with Crippen molar-refractivity contribution in [1.29, 1.82) is 0 Å². The fraction of sp³-hybridized carbons (Fsp3) is 0.367. The maximum atomic E-state index is 13.6. The average Bonchev–Trinajstić information content (AvgIpc) is 2.95. The van der Waals surface area contributed by atoms with Gasteiger partial charge in [0.05, 0.1) is 18.2 Å². The highest BCUT2D eigenvalue weighted by Gasteiger charge is 2.42. The lowest BCUT2D eigenvalue weighted by molar-refractivity contribution is -0.138. The van der Waals surface area contributed by atoms with E-state index in [0.717, 1.165) is 16.0 Å². The van der Waals surface area contributed by atoms with Gasteiger partial charge in [0, 0.05) is 24.0 Å². The Balaban J connectivity index is 1.94. The van der Waals surface area contributed by atoms with E-state index in [1.165, 1.54) is 0 Å². The lowest BCUT2D eigenvalue weighted by Gasteiger charge is -2.37. The van der Waals surface area contributed by atoms with E-state index in [2.05, 4.69) is 4.98 Å². The molecule has 3 unspecified atom stereocenters. The highest BCUT2D eigenvalue weighted by molar-refractivity contribution is 5.95. The molecule has 1 aromatic heterocycles. The van der Waals surface area contributed by atoms with Gasteiger partial charge in [-0.1, -0.05) is 80.6 Å². The highest BCUT2D eigenvalue weighted by Crippen LogP contribution is 2.21. The van der Waals surface area contributed by atoms with Crippen molar-refractivity contribution in [2.24, 2.45) is 17.4 Å². The number of rotatable bonds is 12. The van der Waals surface area contributed by atoms with Crippen LogP contribution in [-0.4, -0.2) is 62.4 Å². The molecule has 3 rings (SSSR count). The van der Waals surface area contributed by atoms with Crippen LogP contribution in [0.2, 0.25) is 0 Å². The van der Waals surface area contributed by atoms with Crippen LogP contribution in [-0.2, 0) is 29.0 Å². The molecule has 2 aromatic carbocycles. The van der Waals surface area contributed by atoms with Gasteiger partial charge in [-0.3, -0.25) is 9.78 Å². The standard InChI is InChI=1S/C30H38N4O5/c1-20(2)26(32)29(37)34(30(38)39-19-23-14-9-15-33-18-23)25(17-22-12-7-4-8-13-22)28(36)27(35)24(31)16-21-10-5-3-6-11-21/h3-15,18,20,24-28,35-36H,16-17,19,31-32H2,1-2H3/t24-,25?,26-,27?,28?/m0/s1. The van der Waals surface area contributed by atoms with Crippen molar-refractivity contribution >= 4 is 12.0 Å². The number of benzene rings is 2. The van der Waals surface area contributed by atoms with Gasteiger partial charge in [0.15, 0.2) is 0 Å². The smallest absolute Gasteiger partial charge is 0.417 e. The molecule has 0 bridgehead atoms. The fourth-order valence-electron chi connectivity index (χ4n) is 4.24. The SMILES string of the molecule is CC(C)[C@H](N)C(=O)N(C(=O)OCc1cccnc1)C(Cc1ccccc1)C(O)C(O)[C@@H](N)Cc1ccccc1.